The van der Waals surface area contributed by atoms with Crippen molar-refractivity contribution in [3.05, 3.63) is 34.7 Å². The summed E-state index contributed by atoms with van der Waals surface area (Å²) in [4.78, 5) is 29.3. The highest BCUT2D eigenvalue weighted by Crippen LogP contribution is 2.16. The van der Waals surface area contributed by atoms with Gasteiger partial charge in [0.1, 0.15) is 6.54 Å². The molecule has 1 aromatic carbocycles. The second kappa shape index (κ2) is 6.36. The number of hydrogen-bond acceptors (Lipinski definition) is 3. The summed E-state index contributed by atoms with van der Waals surface area (Å²) >= 11 is 0. The summed E-state index contributed by atoms with van der Waals surface area (Å²) in [5, 5.41) is 3.18. The summed E-state index contributed by atoms with van der Waals surface area (Å²) < 4.78 is 1.53. The predicted molar refractivity (Wildman–Crippen MR) is 85.8 cm³/mol. The molecule has 0 saturated carbocycles. The molecule has 0 bridgehead atoms. The molecule has 0 spiro atoms. The zero-order chi connectivity index (χ0) is 15.5. The van der Waals surface area contributed by atoms with Crippen LogP contribution < -0.4 is 11.0 Å². The first-order valence-corrected chi connectivity index (χ1v) is 7.79. The zero-order valence-corrected chi connectivity index (χ0v) is 12.8. The minimum Gasteiger partial charge on any atom is -0.341 e. The van der Waals surface area contributed by atoms with Crippen LogP contribution in [-0.2, 0) is 11.3 Å². The Bertz CT molecular complexity index is 716. The van der Waals surface area contributed by atoms with Crippen LogP contribution in [0.15, 0.2) is 29.1 Å². The maximum atomic E-state index is 12.5. The minimum absolute atomic E-state index is 0.0210. The van der Waals surface area contributed by atoms with Gasteiger partial charge in [-0.25, -0.2) is 4.79 Å². The van der Waals surface area contributed by atoms with Crippen LogP contribution in [0.5, 0.6) is 0 Å². The smallest absolute Gasteiger partial charge is 0.326 e. The Morgan fingerprint density at radius 3 is 3.05 bits per heavy atom. The maximum Gasteiger partial charge on any atom is 0.326 e. The van der Waals surface area contributed by atoms with Gasteiger partial charge in [-0.2, -0.15) is 0 Å². The highest BCUT2D eigenvalue weighted by molar-refractivity contribution is 5.80. The lowest BCUT2D eigenvalue weighted by Crippen LogP contribution is -2.44. The number of likely N-dealkylation sites (tertiary alicyclic amines) is 1. The van der Waals surface area contributed by atoms with E-state index in [2.05, 4.69) is 10.3 Å². The molecule has 1 saturated heterocycles. The van der Waals surface area contributed by atoms with E-state index in [1.807, 2.05) is 36.2 Å². The number of aromatic amines is 1. The number of nitrogens with zero attached hydrogens (tertiary/aromatic N) is 2. The molecule has 22 heavy (non-hydrogen) atoms. The number of hydrogen-bond donors (Lipinski definition) is 2. The van der Waals surface area contributed by atoms with E-state index in [4.69, 9.17) is 0 Å². The summed E-state index contributed by atoms with van der Waals surface area (Å²) in [5.74, 6) is 0.523. The number of aromatic nitrogens is 2. The molecule has 118 valence electrons. The van der Waals surface area contributed by atoms with Crippen LogP contribution in [0.1, 0.15) is 12.8 Å². The van der Waals surface area contributed by atoms with E-state index in [-0.39, 0.29) is 18.1 Å². The van der Waals surface area contributed by atoms with Crippen LogP contribution in [-0.4, -0.2) is 47.0 Å². The number of H-pyrrole nitrogens is 1. The highest BCUT2D eigenvalue weighted by Gasteiger charge is 2.24. The molecule has 1 aliphatic rings. The number of fused-ring (bicyclic) bond motifs is 1. The molecule has 2 heterocycles. The second-order valence-electron chi connectivity index (χ2n) is 5.94. The summed E-state index contributed by atoms with van der Waals surface area (Å²) in [6.07, 6.45) is 2.18. The van der Waals surface area contributed by atoms with Crippen molar-refractivity contribution >= 4 is 16.9 Å². The normalized spacial score (nSPS) is 18.8. The highest BCUT2D eigenvalue weighted by atomic mass is 16.2. The molecule has 0 aliphatic carbocycles. The number of carbonyl (C=O) groups excluding carboxylic acids is 1. The molecule has 0 radical (unpaired) electrons. The zero-order valence-electron chi connectivity index (χ0n) is 12.8. The average molecular weight is 302 g/mol. The third-order valence-corrected chi connectivity index (χ3v) is 4.34. The second-order valence-corrected chi connectivity index (χ2v) is 5.94. The summed E-state index contributed by atoms with van der Waals surface area (Å²) in [6.45, 7) is 2.60. The number of carbonyl (C=O) groups is 1. The molecule has 6 nitrogen and oxygen atoms in total. The van der Waals surface area contributed by atoms with Gasteiger partial charge in [0, 0.05) is 13.1 Å². The molecule has 1 amide bonds. The van der Waals surface area contributed by atoms with Crippen LogP contribution in [0.3, 0.4) is 0 Å². The van der Waals surface area contributed by atoms with Gasteiger partial charge in [0.05, 0.1) is 11.0 Å². The molecule has 2 aromatic rings. The SMILES string of the molecule is CNCC1CCCN(C(=O)Cn2c(=O)[nH]c3ccccc32)C1. The molecule has 3 rings (SSSR count). The van der Waals surface area contributed by atoms with E-state index in [0.717, 1.165) is 43.5 Å². The number of benzene rings is 1. The van der Waals surface area contributed by atoms with E-state index >= 15 is 0 Å². The number of imidazole rings is 1. The van der Waals surface area contributed by atoms with Gasteiger partial charge >= 0.3 is 5.69 Å². The van der Waals surface area contributed by atoms with E-state index in [9.17, 15) is 9.59 Å². The van der Waals surface area contributed by atoms with Gasteiger partial charge in [0.2, 0.25) is 5.91 Å². The van der Waals surface area contributed by atoms with Crippen LogP contribution in [0.25, 0.3) is 11.0 Å². The number of nitrogens with one attached hydrogen (secondary N) is 2. The molecule has 1 aromatic heterocycles. The lowest BCUT2D eigenvalue weighted by atomic mass is 9.98. The van der Waals surface area contributed by atoms with Crippen molar-refractivity contribution in [3.63, 3.8) is 0 Å². The molecule has 1 atom stereocenters. The van der Waals surface area contributed by atoms with Gasteiger partial charge < -0.3 is 15.2 Å². The van der Waals surface area contributed by atoms with Crippen molar-refractivity contribution in [2.45, 2.75) is 19.4 Å². The van der Waals surface area contributed by atoms with Crippen molar-refractivity contribution in [1.82, 2.24) is 19.8 Å². The van der Waals surface area contributed by atoms with Crippen LogP contribution in [0, 0.1) is 5.92 Å². The largest absolute Gasteiger partial charge is 0.341 e. The first-order valence-electron chi connectivity index (χ1n) is 7.79. The Morgan fingerprint density at radius 1 is 1.41 bits per heavy atom. The van der Waals surface area contributed by atoms with Crippen molar-refractivity contribution in [2.24, 2.45) is 5.92 Å². The van der Waals surface area contributed by atoms with E-state index in [1.165, 1.54) is 4.57 Å². The van der Waals surface area contributed by atoms with E-state index in [0.29, 0.717) is 5.92 Å². The number of amides is 1. The van der Waals surface area contributed by atoms with E-state index in [1.54, 1.807) is 0 Å². The Hall–Kier alpha value is -2.08. The Kier molecular flexibility index (Phi) is 4.29. The number of para-hydroxylation sites is 2. The van der Waals surface area contributed by atoms with Crippen molar-refractivity contribution in [1.29, 1.82) is 0 Å². The van der Waals surface area contributed by atoms with Gasteiger partial charge in [-0.3, -0.25) is 9.36 Å². The summed E-state index contributed by atoms with van der Waals surface area (Å²) in [7, 11) is 1.94. The molecular formula is C16H22N4O2. The number of rotatable bonds is 4. The molecule has 6 heteroatoms. The molecule has 1 aliphatic heterocycles. The fraction of sp³-hybridized carbons (Fsp3) is 0.500. The molecule has 1 fully saturated rings. The van der Waals surface area contributed by atoms with E-state index < -0.39 is 0 Å². The van der Waals surface area contributed by atoms with Crippen molar-refractivity contribution < 1.29 is 4.79 Å². The van der Waals surface area contributed by atoms with Crippen LogP contribution >= 0.6 is 0 Å². The maximum absolute atomic E-state index is 12.5. The van der Waals surface area contributed by atoms with Crippen LogP contribution in [0.4, 0.5) is 0 Å². The molecular weight excluding hydrogens is 280 g/mol. The van der Waals surface area contributed by atoms with Gasteiger partial charge in [0.25, 0.3) is 0 Å². The van der Waals surface area contributed by atoms with Gasteiger partial charge in [-0.05, 0) is 44.5 Å². The lowest BCUT2D eigenvalue weighted by molar-refractivity contribution is -0.133. The fourth-order valence-corrected chi connectivity index (χ4v) is 3.25. The summed E-state index contributed by atoms with van der Waals surface area (Å²) in [6, 6.07) is 7.46. The first-order chi connectivity index (χ1) is 10.7. The average Bonchev–Trinajstić information content (AvgIpc) is 2.84. The fourth-order valence-electron chi connectivity index (χ4n) is 3.25. The molecule has 2 N–H and O–H groups in total. The Labute approximate surface area is 129 Å². The van der Waals surface area contributed by atoms with Crippen molar-refractivity contribution in [2.75, 3.05) is 26.7 Å². The minimum atomic E-state index is -0.224. The summed E-state index contributed by atoms with van der Waals surface area (Å²) in [5.41, 5.74) is 1.33. The third kappa shape index (κ3) is 2.92. The topological polar surface area (TPSA) is 70.1 Å². The van der Waals surface area contributed by atoms with Crippen LogP contribution in [0.2, 0.25) is 0 Å². The first kappa shape index (κ1) is 14.8. The van der Waals surface area contributed by atoms with Gasteiger partial charge in [-0.1, -0.05) is 12.1 Å². The Morgan fingerprint density at radius 2 is 2.23 bits per heavy atom. The lowest BCUT2D eigenvalue weighted by Gasteiger charge is -2.32. The van der Waals surface area contributed by atoms with Crippen molar-refractivity contribution in [3.8, 4) is 0 Å². The standard InChI is InChI=1S/C16H22N4O2/c1-17-9-12-5-4-8-19(10-12)15(21)11-20-14-7-3-2-6-13(14)18-16(20)22/h2-3,6-7,12,17H,4-5,8-11H2,1H3,(H,18,22). The quantitative estimate of drug-likeness (QED) is 0.877. The monoisotopic (exact) mass is 302 g/mol. The third-order valence-electron chi connectivity index (χ3n) is 4.34. The Balaban J connectivity index is 1.75. The number of piperidine rings is 1. The molecule has 1 unspecified atom stereocenters. The van der Waals surface area contributed by atoms with Gasteiger partial charge in [-0.15, -0.1) is 0 Å². The van der Waals surface area contributed by atoms with Gasteiger partial charge in [0.15, 0.2) is 0 Å². The predicted octanol–water partition coefficient (Wildman–Crippen LogP) is 0.788.